The molecule has 146 valence electrons. The van der Waals surface area contributed by atoms with Crippen LogP contribution in [0.15, 0.2) is 21.5 Å². The van der Waals surface area contributed by atoms with Crippen molar-refractivity contribution in [3.63, 3.8) is 0 Å². The summed E-state index contributed by atoms with van der Waals surface area (Å²) in [6, 6.07) is 3.05. The fourth-order valence-corrected chi connectivity index (χ4v) is 3.72. The molecule has 9 heteroatoms. The zero-order valence-corrected chi connectivity index (χ0v) is 17.6. The molecule has 0 radical (unpaired) electrons. The largest absolute Gasteiger partial charge is 0.490 e. The first-order chi connectivity index (χ1) is 12.8. The minimum absolute atomic E-state index is 0.169. The first-order valence-corrected chi connectivity index (χ1v) is 9.97. The number of amides is 2. The Morgan fingerprint density at radius 3 is 2.56 bits per heavy atom. The first-order valence-electron chi connectivity index (χ1n) is 8.36. The van der Waals surface area contributed by atoms with Gasteiger partial charge >= 0.3 is 5.97 Å². The summed E-state index contributed by atoms with van der Waals surface area (Å²) in [5.74, 6) is -0.794. The predicted molar refractivity (Wildman–Crippen MR) is 106 cm³/mol. The Labute approximate surface area is 169 Å². The van der Waals surface area contributed by atoms with Gasteiger partial charge in [0.05, 0.1) is 11.5 Å². The highest BCUT2D eigenvalue weighted by molar-refractivity contribution is 9.10. The van der Waals surface area contributed by atoms with Gasteiger partial charge in [0.15, 0.2) is 18.1 Å². The zero-order valence-electron chi connectivity index (χ0n) is 15.2. The lowest BCUT2D eigenvalue weighted by molar-refractivity contribution is -0.139. The van der Waals surface area contributed by atoms with Gasteiger partial charge in [-0.15, -0.1) is 0 Å². The van der Waals surface area contributed by atoms with Crippen molar-refractivity contribution < 1.29 is 29.0 Å². The molecule has 0 spiro atoms. The number of halogens is 1. The normalized spacial score (nSPS) is 16.7. The summed E-state index contributed by atoms with van der Waals surface area (Å²) in [4.78, 5) is 37.0. The molecule has 0 aliphatic carbocycles. The fourth-order valence-electron chi connectivity index (χ4n) is 2.37. The van der Waals surface area contributed by atoms with E-state index in [9.17, 15) is 14.4 Å². The van der Waals surface area contributed by atoms with E-state index in [1.54, 1.807) is 25.1 Å². The predicted octanol–water partition coefficient (Wildman–Crippen LogP) is 4.15. The van der Waals surface area contributed by atoms with Crippen molar-refractivity contribution in [2.45, 2.75) is 33.2 Å². The summed E-state index contributed by atoms with van der Waals surface area (Å²) >= 11 is 4.29. The van der Waals surface area contributed by atoms with E-state index in [0.29, 0.717) is 33.7 Å². The number of ether oxygens (including phenoxy) is 2. The molecule has 1 unspecified atom stereocenters. The van der Waals surface area contributed by atoms with Crippen LogP contribution in [-0.2, 0) is 9.59 Å². The van der Waals surface area contributed by atoms with Crippen molar-refractivity contribution in [3.8, 4) is 11.5 Å². The highest BCUT2D eigenvalue weighted by atomic mass is 79.9. The molecule has 1 atom stereocenters. The topological polar surface area (TPSA) is 93.1 Å². The van der Waals surface area contributed by atoms with E-state index in [4.69, 9.17) is 14.6 Å². The Bertz CT molecular complexity index is 794. The average molecular weight is 458 g/mol. The van der Waals surface area contributed by atoms with Gasteiger partial charge in [-0.1, -0.05) is 22.9 Å². The molecule has 7 nitrogen and oxygen atoms in total. The van der Waals surface area contributed by atoms with Crippen LogP contribution in [0.1, 0.15) is 32.8 Å². The maximum absolute atomic E-state index is 12.6. The molecule has 1 heterocycles. The minimum atomic E-state index is -1.10. The van der Waals surface area contributed by atoms with Gasteiger partial charge in [-0.05, 0) is 55.8 Å². The molecule has 0 aromatic heterocycles. The van der Waals surface area contributed by atoms with Crippen LogP contribution in [0.4, 0.5) is 4.79 Å². The molecule has 1 N–H and O–H groups in total. The Morgan fingerprint density at radius 2 is 1.96 bits per heavy atom. The third kappa shape index (κ3) is 5.04. The molecular formula is C18H20BrNO6S. The maximum Gasteiger partial charge on any atom is 0.341 e. The van der Waals surface area contributed by atoms with Crippen molar-refractivity contribution in [3.05, 3.63) is 27.1 Å². The molecule has 1 aliphatic rings. The lowest BCUT2D eigenvalue weighted by Gasteiger charge is -2.19. The SMILES string of the molecule is CCOc1cc(/C=C2\SC(=O)N(C(C)CC)C2=O)c(Br)cc1OCC(=O)O. The van der Waals surface area contributed by atoms with Crippen molar-refractivity contribution in [2.24, 2.45) is 0 Å². The van der Waals surface area contributed by atoms with Crippen LogP contribution in [0, 0.1) is 0 Å². The molecule has 1 saturated heterocycles. The van der Waals surface area contributed by atoms with Gasteiger partial charge in [0.25, 0.3) is 11.1 Å². The van der Waals surface area contributed by atoms with Crippen molar-refractivity contribution in [2.75, 3.05) is 13.2 Å². The van der Waals surface area contributed by atoms with Crippen LogP contribution in [0.3, 0.4) is 0 Å². The van der Waals surface area contributed by atoms with Crippen LogP contribution in [0.2, 0.25) is 0 Å². The van der Waals surface area contributed by atoms with Gasteiger partial charge < -0.3 is 14.6 Å². The zero-order chi connectivity index (χ0) is 20.1. The Hall–Kier alpha value is -2.00. The highest BCUT2D eigenvalue weighted by Crippen LogP contribution is 2.38. The standard InChI is InChI=1S/C18H20BrNO6S/c1-4-10(3)20-17(23)15(27-18(20)24)7-11-6-13(25-5-2)14(8-12(11)19)26-9-16(21)22/h6-8,10H,4-5,9H2,1-3H3,(H,21,22)/b15-7-. The third-order valence-electron chi connectivity index (χ3n) is 3.86. The number of hydrogen-bond donors (Lipinski definition) is 1. The number of aliphatic carboxylic acids is 1. The van der Waals surface area contributed by atoms with Gasteiger partial charge in [0, 0.05) is 10.5 Å². The van der Waals surface area contributed by atoms with Gasteiger partial charge in [-0.2, -0.15) is 0 Å². The maximum atomic E-state index is 12.6. The smallest absolute Gasteiger partial charge is 0.341 e. The molecule has 0 bridgehead atoms. The number of carboxylic acids is 1. The van der Waals surface area contributed by atoms with Gasteiger partial charge in [0.1, 0.15) is 0 Å². The van der Waals surface area contributed by atoms with Crippen LogP contribution in [0.25, 0.3) is 6.08 Å². The van der Waals surface area contributed by atoms with Gasteiger partial charge in [-0.3, -0.25) is 14.5 Å². The van der Waals surface area contributed by atoms with Crippen LogP contribution >= 0.6 is 27.7 Å². The lowest BCUT2D eigenvalue weighted by Crippen LogP contribution is -2.36. The Morgan fingerprint density at radius 1 is 1.30 bits per heavy atom. The molecule has 27 heavy (non-hydrogen) atoms. The summed E-state index contributed by atoms with van der Waals surface area (Å²) in [7, 11) is 0. The number of carbonyl (C=O) groups excluding carboxylic acids is 2. The number of rotatable bonds is 8. The summed E-state index contributed by atoms with van der Waals surface area (Å²) in [5.41, 5.74) is 0.621. The molecule has 2 amide bonds. The van der Waals surface area contributed by atoms with Gasteiger partial charge in [0.2, 0.25) is 0 Å². The number of hydrogen-bond acceptors (Lipinski definition) is 6. The van der Waals surface area contributed by atoms with E-state index in [1.807, 2.05) is 13.8 Å². The van der Waals surface area contributed by atoms with Crippen molar-refractivity contribution in [1.29, 1.82) is 0 Å². The van der Waals surface area contributed by atoms with Crippen LogP contribution in [0.5, 0.6) is 11.5 Å². The van der Waals surface area contributed by atoms with E-state index >= 15 is 0 Å². The molecule has 1 aromatic carbocycles. The van der Waals surface area contributed by atoms with Crippen LogP contribution in [-0.4, -0.2) is 46.4 Å². The fraction of sp³-hybridized carbons (Fsp3) is 0.389. The molecule has 0 saturated carbocycles. The molecular weight excluding hydrogens is 438 g/mol. The lowest BCUT2D eigenvalue weighted by atomic mass is 10.1. The summed E-state index contributed by atoms with van der Waals surface area (Å²) in [5, 5.41) is 8.50. The van der Waals surface area contributed by atoms with Gasteiger partial charge in [-0.25, -0.2) is 4.79 Å². The second kappa shape index (κ2) is 9.27. The number of nitrogens with zero attached hydrogens (tertiary/aromatic N) is 1. The summed E-state index contributed by atoms with van der Waals surface area (Å²) in [6.07, 6.45) is 2.29. The Balaban J connectivity index is 2.37. The Kier molecular flexibility index (Phi) is 7.32. The van der Waals surface area contributed by atoms with E-state index in [0.717, 1.165) is 11.8 Å². The second-order valence-corrected chi connectivity index (χ2v) is 7.59. The summed E-state index contributed by atoms with van der Waals surface area (Å²) < 4.78 is 11.4. The highest BCUT2D eigenvalue weighted by Gasteiger charge is 2.37. The van der Waals surface area contributed by atoms with Crippen molar-refractivity contribution >= 4 is 50.9 Å². The number of benzene rings is 1. The number of carboxylic acid groups (broad SMARTS) is 1. The summed E-state index contributed by atoms with van der Waals surface area (Å²) in [6.45, 7) is 5.39. The molecule has 2 rings (SSSR count). The quantitative estimate of drug-likeness (QED) is 0.585. The average Bonchev–Trinajstić information content (AvgIpc) is 2.89. The minimum Gasteiger partial charge on any atom is -0.490 e. The second-order valence-electron chi connectivity index (χ2n) is 5.74. The molecule has 1 aliphatic heterocycles. The van der Waals surface area contributed by atoms with E-state index < -0.39 is 12.6 Å². The van der Waals surface area contributed by atoms with Crippen LogP contribution < -0.4 is 9.47 Å². The van der Waals surface area contributed by atoms with E-state index in [1.165, 1.54) is 4.90 Å². The molecule has 1 fully saturated rings. The third-order valence-corrected chi connectivity index (χ3v) is 5.43. The number of carbonyl (C=O) groups is 3. The van der Waals surface area contributed by atoms with Crippen molar-refractivity contribution in [1.82, 2.24) is 4.90 Å². The van der Waals surface area contributed by atoms with E-state index in [-0.39, 0.29) is 22.9 Å². The van der Waals surface area contributed by atoms with E-state index in [2.05, 4.69) is 15.9 Å². The monoisotopic (exact) mass is 457 g/mol. The molecule has 1 aromatic rings. The number of imide groups is 1. The number of thioether (sulfide) groups is 1. The first kappa shape index (κ1) is 21.3.